The van der Waals surface area contributed by atoms with Gasteiger partial charge in [0.2, 0.25) is 0 Å². The summed E-state index contributed by atoms with van der Waals surface area (Å²) in [7, 11) is 0. The summed E-state index contributed by atoms with van der Waals surface area (Å²) in [5.41, 5.74) is 19.6. The van der Waals surface area contributed by atoms with Crippen LogP contribution >= 0.6 is 11.3 Å². The number of nitrogens with zero attached hydrogens (tertiary/aromatic N) is 2. The normalized spacial score (nSPS) is 14.7. The van der Waals surface area contributed by atoms with Crippen molar-refractivity contribution in [3.8, 4) is 22.3 Å². The summed E-state index contributed by atoms with van der Waals surface area (Å²) in [6, 6.07) is 67.2. The first kappa shape index (κ1) is 29.4. The number of para-hydroxylation sites is 3. The summed E-state index contributed by atoms with van der Waals surface area (Å²) >= 11 is 1.95. The van der Waals surface area contributed by atoms with E-state index in [0.717, 1.165) is 0 Å². The minimum atomic E-state index is -0.479. The average molecular weight is 737 g/mol. The highest BCUT2D eigenvalue weighted by Crippen LogP contribution is 2.64. The highest BCUT2D eigenvalue weighted by atomic mass is 32.1. The standard InChI is InChI=1S/C53H29BN2S/c1-2-14-31-30(13-1)27-28-37-35-18-11-19-36-38-29-39-34-17-5-10-26-46(34)57-52(39)51-47(38)54(56(48(31)37)49(35)36)44-24-12-23-43-50(44)55(51)45-25-9-8-22-42(45)53(43)40-20-6-3-15-32(40)33-16-4-7-21-41(33)53/h1-29H. The van der Waals surface area contributed by atoms with Crippen molar-refractivity contribution in [1.29, 1.82) is 0 Å². The number of fused-ring (bicyclic) bond motifs is 22. The minimum absolute atomic E-state index is 0.0364. The van der Waals surface area contributed by atoms with E-state index in [-0.39, 0.29) is 6.85 Å². The average Bonchev–Trinajstić information content (AvgIpc) is 3.92. The lowest BCUT2D eigenvalue weighted by Gasteiger charge is -2.49. The first-order valence-corrected chi connectivity index (χ1v) is 20.8. The van der Waals surface area contributed by atoms with Gasteiger partial charge in [0, 0.05) is 53.9 Å². The zero-order valence-corrected chi connectivity index (χ0v) is 31.4. The third-order valence-corrected chi connectivity index (χ3v) is 15.1. The van der Waals surface area contributed by atoms with E-state index in [9.17, 15) is 0 Å². The summed E-state index contributed by atoms with van der Waals surface area (Å²) in [6.07, 6.45) is 0. The topological polar surface area (TPSA) is 8.17 Å². The molecule has 0 saturated heterocycles. The number of anilines is 3. The molecule has 2 aromatic heterocycles. The van der Waals surface area contributed by atoms with Crippen LogP contribution in [0.4, 0.5) is 17.1 Å². The van der Waals surface area contributed by atoms with Crippen LogP contribution in [0, 0.1) is 0 Å². The highest BCUT2D eigenvalue weighted by Gasteiger charge is 2.55. The van der Waals surface area contributed by atoms with Gasteiger partial charge in [-0.1, -0.05) is 158 Å². The van der Waals surface area contributed by atoms with Crippen molar-refractivity contribution in [2.75, 3.05) is 4.90 Å². The van der Waals surface area contributed by atoms with Crippen molar-refractivity contribution in [3.05, 3.63) is 198 Å². The maximum Gasteiger partial charge on any atom is 0.333 e. The number of hydrogen-bond donors (Lipinski definition) is 0. The third kappa shape index (κ3) is 3.18. The van der Waals surface area contributed by atoms with E-state index in [2.05, 4.69) is 185 Å². The second-order valence-corrected chi connectivity index (χ2v) is 17.3. The monoisotopic (exact) mass is 736 g/mol. The van der Waals surface area contributed by atoms with Crippen LogP contribution in [0.2, 0.25) is 0 Å². The molecular formula is C53H29BN2S. The van der Waals surface area contributed by atoms with Crippen LogP contribution in [0.15, 0.2) is 176 Å². The molecule has 3 aliphatic heterocycles. The van der Waals surface area contributed by atoms with Gasteiger partial charge in [0.15, 0.2) is 0 Å². The van der Waals surface area contributed by atoms with Crippen LogP contribution in [0.5, 0.6) is 0 Å². The largest absolute Gasteiger partial charge is 0.375 e. The molecule has 9 aromatic carbocycles. The van der Waals surface area contributed by atoms with Crippen molar-refractivity contribution in [2.45, 2.75) is 5.41 Å². The number of rotatable bonds is 0. The quantitative estimate of drug-likeness (QED) is 0.141. The SMILES string of the molecule is c1ccc2c(c1)-c1ccccc1C21c2ccccc2N2c3c(cccc31)B1c3c(cc4c(sc5ccccc54)c32)-c2cccc3c4ccc5ccccc5c4n1c23. The van der Waals surface area contributed by atoms with Crippen molar-refractivity contribution in [3.63, 3.8) is 0 Å². The zero-order valence-electron chi connectivity index (χ0n) is 30.6. The Kier molecular flexibility index (Phi) is 5.12. The molecule has 5 heterocycles. The molecule has 0 saturated carbocycles. The summed E-state index contributed by atoms with van der Waals surface area (Å²) in [5.74, 6) is 0. The fraction of sp³-hybridized carbons (Fsp3) is 0.0189. The molecule has 11 aromatic rings. The van der Waals surface area contributed by atoms with E-state index in [1.165, 1.54) is 125 Å². The number of aromatic nitrogens is 1. The minimum Gasteiger partial charge on any atom is -0.375 e. The molecule has 1 spiro atoms. The Morgan fingerprint density at radius 3 is 1.95 bits per heavy atom. The Bertz CT molecular complexity index is 3640. The lowest BCUT2D eigenvalue weighted by molar-refractivity contribution is 0.754. The zero-order chi connectivity index (χ0) is 36.7. The first-order valence-electron chi connectivity index (χ1n) is 20.0. The lowest BCUT2D eigenvalue weighted by atomic mass is 9.44. The Labute approximate surface area is 332 Å². The van der Waals surface area contributed by atoms with Gasteiger partial charge in [-0.3, -0.25) is 0 Å². The maximum atomic E-state index is 2.75. The Morgan fingerprint density at radius 1 is 0.439 bits per heavy atom. The summed E-state index contributed by atoms with van der Waals surface area (Å²) < 4.78 is 5.44. The van der Waals surface area contributed by atoms with Crippen molar-refractivity contribution in [2.24, 2.45) is 0 Å². The van der Waals surface area contributed by atoms with E-state index >= 15 is 0 Å². The molecule has 260 valence electrons. The van der Waals surface area contributed by atoms with Gasteiger partial charge in [-0.15, -0.1) is 11.3 Å². The lowest BCUT2D eigenvalue weighted by Crippen LogP contribution is -2.58. The number of benzene rings is 9. The van der Waals surface area contributed by atoms with Gasteiger partial charge in [-0.25, -0.2) is 0 Å². The number of thiophene rings is 1. The maximum absolute atomic E-state index is 2.75. The second-order valence-electron chi connectivity index (χ2n) is 16.3. The number of hydrogen-bond acceptors (Lipinski definition) is 2. The molecule has 1 aliphatic carbocycles. The van der Waals surface area contributed by atoms with Crippen molar-refractivity contribution < 1.29 is 0 Å². The van der Waals surface area contributed by atoms with Gasteiger partial charge < -0.3 is 9.38 Å². The molecular weight excluding hydrogens is 707 g/mol. The molecule has 4 aliphatic rings. The van der Waals surface area contributed by atoms with E-state index in [4.69, 9.17) is 0 Å². The third-order valence-electron chi connectivity index (χ3n) is 13.9. The van der Waals surface area contributed by atoms with Crippen LogP contribution in [0.3, 0.4) is 0 Å². The summed E-state index contributed by atoms with van der Waals surface area (Å²) in [5, 5.41) is 7.89. The predicted octanol–water partition coefficient (Wildman–Crippen LogP) is 12.4. The van der Waals surface area contributed by atoms with Crippen LogP contribution in [0.25, 0.3) is 75.0 Å². The van der Waals surface area contributed by atoms with Crippen LogP contribution in [-0.4, -0.2) is 11.3 Å². The Morgan fingerprint density at radius 2 is 1.09 bits per heavy atom. The predicted molar refractivity (Wildman–Crippen MR) is 241 cm³/mol. The van der Waals surface area contributed by atoms with Gasteiger partial charge in [-0.2, -0.15) is 0 Å². The first-order chi connectivity index (χ1) is 28.3. The molecule has 15 rings (SSSR count). The van der Waals surface area contributed by atoms with Crippen LogP contribution < -0.4 is 15.8 Å². The molecule has 0 radical (unpaired) electrons. The van der Waals surface area contributed by atoms with E-state index in [0.29, 0.717) is 0 Å². The van der Waals surface area contributed by atoms with Crippen molar-refractivity contribution in [1.82, 2.24) is 4.48 Å². The molecule has 0 N–H and O–H groups in total. The molecule has 0 fully saturated rings. The second kappa shape index (κ2) is 9.91. The van der Waals surface area contributed by atoms with E-state index in [1.54, 1.807) is 0 Å². The van der Waals surface area contributed by atoms with Gasteiger partial charge in [-0.05, 0) is 73.5 Å². The fourth-order valence-electron chi connectivity index (χ4n) is 12.0. The molecule has 0 amide bonds. The molecule has 57 heavy (non-hydrogen) atoms. The molecule has 0 atom stereocenters. The van der Waals surface area contributed by atoms with E-state index in [1.807, 2.05) is 11.3 Å². The fourth-order valence-corrected chi connectivity index (χ4v) is 13.2. The van der Waals surface area contributed by atoms with Crippen LogP contribution in [0.1, 0.15) is 22.3 Å². The molecule has 0 bridgehead atoms. The van der Waals surface area contributed by atoms with Gasteiger partial charge >= 0.3 is 6.85 Å². The van der Waals surface area contributed by atoms with Crippen LogP contribution in [-0.2, 0) is 5.41 Å². The Hall–Kier alpha value is -6.88. The molecule has 4 heteroatoms. The summed E-state index contributed by atoms with van der Waals surface area (Å²) in [4.78, 5) is 2.71. The Balaban J connectivity index is 1.20. The van der Waals surface area contributed by atoms with Gasteiger partial charge in [0.05, 0.1) is 21.5 Å². The van der Waals surface area contributed by atoms with Gasteiger partial charge in [0.25, 0.3) is 0 Å². The highest BCUT2D eigenvalue weighted by molar-refractivity contribution is 7.26. The van der Waals surface area contributed by atoms with Gasteiger partial charge in [0.1, 0.15) is 0 Å². The smallest absolute Gasteiger partial charge is 0.333 e. The molecule has 0 unspecified atom stereocenters. The molecule has 2 nitrogen and oxygen atoms in total. The van der Waals surface area contributed by atoms with E-state index < -0.39 is 5.41 Å². The summed E-state index contributed by atoms with van der Waals surface area (Å²) in [6.45, 7) is -0.0364. The van der Waals surface area contributed by atoms with Crippen molar-refractivity contribution >= 4 is 98.9 Å².